The van der Waals surface area contributed by atoms with Crippen LogP contribution in [0.2, 0.25) is 0 Å². The lowest BCUT2D eigenvalue weighted by Crippen LogP contribution is -2.32. The molecule has 0 atom stereocenters. The van der Waals surface area contributed by atoms with Crippen molar-refractivity contribution < 1.29 is 26.8 Å². The van der Waals surface area contributed by atoms with Crippen LogP contribution < -0.4 is 14.4 Å². The summed E-state index contributed by atoms with van der Waals surface area (Å²) in [6.07, 6.45) is 5.88. The van der Waals surface area contributed by atoms with Crippen molar-refractivity contribution in [3.8, 4) is 22.8 Å². The van der Waals surface area contributed by atoms with Crippen molar-refractivity contribution >= 4 is 44.3 Å². The molecule has 1 heterocycles. The number of anilines is 1. The maximum atomic E-state index is 13.2. The minimum Gasteiger partial charge on any atom is -0.457 e. The molecule has 0 unspecified atom stereocenters. The van der Waals surface area contributed by atoms with Gasteiger partial charge in [0, 0.05) is 30.6 Å². The second-order valence-electron chi connectivity index (χ2n) is 9.83. The fourth-order valence-corrected chi connectivity index (χ4v) is 6.16. The molecular formula is C30H31FN2O5S2. The van der Waals surface area contributed by atoms with Crippen molar-refractivity contribution in [1.82, 2.24) is 5.32 Å². The molecule has 4 aromatic rings. The standard InChI is InChI=1S/C30H31FN2O5S2/c1-32-30(34)28-25-17-24(19-5-6-19)26(33(40(3,35)36)15-4-16-39-2)18-27(25)38-29(28)20-7-11-22(12-8-20)37-23-13-9-21(31)10-14-23/h7-14,17-19H,4-6,15-16H2,1-3H3,(H,32,34). The van der Waals surface area contributed by atoms with Gasteiger partial charge in [0.1, 0.15) is 28.7 Å². The number of carbonyl (C=O) groups excluding carboxylic acids is 1. The van der Waals surface area contributed by atoms with Gasteiger partial charge in [-0.15, -0.1) is 0 Å². The van der Waals surface area contributed by atoms with Crippen LogP contribution >= 0.6 is 11.8 Å². The Morgan fingerprint density at radius 2 is 1.75 bits per heavy atom. The average Bonchev–Trinajstić information content (AvgIpc) is 3.71. The molecule has 1 saturated carbocycles. The van der Waals surface area contributed by atoms with Gasteiger partial charge < -0.3 is 14.5 Å². The van der Waals surface area contributed by atoms with Crippen LogP contribution in [0.15, 0.2) is 65.1 Å². The Morgan fingerprint density at radius 3 is 2.33 bits per heavy atom. The highest BCUT2D eigenvalue weighted by Crippen LogP contribution is 2.48. The van der Waals surface area contributed by atoms with E-state index in [2.05, 4.69) is 5.32 Å². The van der Waals surface area contributed by atoms with Gasteiger partial charge >= 0.3 is 0 Å². The fraction of sp³-hybridized carbons (Fsp3) is 0.300. The number of amides is 1. The van der Waals surface area contributed by atoms with E-state index in [-0.39, 0.29) is 17.6 Å². The van der Waals surface area contributed by atoms with Crippen molar-refractivity contribution in [2.75, 3.05) is 36.2 Å². The summed E-state index contributed by atoms with van der Waals surface area (Å²) in [5.74, 6) is 1.87. The first-order valence-electron chi connectivity index (χ1n) is 13.0. The molecule has 0 saturated heterocycles. The van der Waals surface area contributed by atoms with Crippen LogP contribution in [0.3, 0.4) is 0 Å². The number of halogens is 1. The summed E-state index contributed by atoms with van der Waals surface area (Å²) in [4.78, 5) is 13.1. The molecule has 7 nitrogen and oxygen atoms in total. The van der Waals surface area contributed by atoms with E-state index in [0.717, 1.165) is 30.6 Å². The number of fused-ring (bicyclic) bond motifs is 1. The zero-order valence-electron chi connectivity index (χ0n) is 22.6. The number of benzene rings is 3. The van der Waals surface area contributed by atoms with Gasteiger partial charge in [-0.25, -0.2) is 12.8 Å². The summed E-state index contributed by atoms with van der Waals surface area (Å²) in [5.41, 5.74) is 3.04. The van der Waals surface area contributed by atoms with Crippen LogP contribution in [0, 0.1) is 5.82 Å². The van der Waals surface area contributed by atoms with E-state index in [1.165, 1.54) is 22.7 Å². The third-order valence-electron chi connectivity index (χ3n) is 6.85. The highest BCUT2D eigenvalue weighted by Gasteiger charge is 2.33. The number of furan rings is 1. The molecule has 1 amide bonds. The number of rotatable bonds is 11. The van der Waals surface area contributed by atoms with Crippen molar-refractivity contribution in [3.63, 3.8) is 0 Å². The number of hydrogen-bond acceptors (Lipinski definition) is 6. The van der Waals surface area contributed by atoms with Gasteiger partial charge in [0.25, 0.3) is 5.91 Å². The Kier molecular flexibility index (Phi) is 8.09. The number of sulfonamides is 1. The highest BCUT2D eigenvalue weighted by molar-refractivity contribution is 7.98. The number of carbonyl (C=O) groups is 1. The molecule has 210 valence electrons. The van der Waals surface area contributed by atoms with Gasteiger partial charge in [-0.2, -0.15) is 11.8 Å². The summed E-state index contributed by atoms with van der Waals surface area (Å²) in [7, 11) is -1.97. The summed E-state index contributed by atoms with van der Waals surface area (Å²) in [6.45, 7) is 0.371. The topological polar surface area (TPSA) is 88.8 Å². The van der Waals surface area contributed by atoms with Gasteiger partial charge in [-0.1, -0.05) is 0 Å². The molecule has 1 aromatic heterocycles. The van der Waals surface area contributed by atoms with E-state index in [1.807, 2.05) is 12.3 Å². The Morgan fingerprint density at radius 1 is 1.10 bits per heavy atom. The van der Waals surface area contributed by atoms with Gasteiger partial charge in [0.15, 0.2) is 0 Å². The van der Waals surface area contributed by atoms with Crippen LogP contribution in [0.5, 0.6) is 11.5 Å². The first-order chi connectivity index (χ1) is 19.2. The predicted octanol–water partition coefficient (Wildman–Crippen LogP) is 6.79. The molecule has 40 heavy (non-hydrogen) atoms. The van der Waals surface area contributed by atoms with E-state index in [1.54, 1.807) is 61.3 Å². The average molecular weight is 583 g/mol. The lowest BCUT2D eigenvalue weighted by molar-refractivity contribution is 0.0964. The van der Waals surface area contributed by atoms with Gasteiger partial charge in [-0.05, 0) is 97.3 Å². The molecule has 0 spiro atoms. The van der Waals surface area contributed by atoms with Crippen LogP contribution in [-0.2, 0) is 10.0 Å². The second kappa shape index (κ2) is 11.5. The monoisotopic (exact) mass is 582 g/mol. The molecule has 5 rings (SSSR count). The number of thioether (sulfide) groups is 1. The highest BCUT2D eigenvalue weighted by atomic mass is 32.2. The SMILES string of the molecule is CNC(=O)c1c(-c2ccc(Oc3ccc(F)cc3)cc2)oc2cc(N(CCCSC)S(C)(=O)=O)c(C3CC3)cc12. The van der Waals surface area contributed by atoms with Gasteiger partial charge in [0.05, 0.1) is 17.5 Å². The van der Waals surface area contributed by atoms with Crippen molar-refractivity contribution in [2.45, 2.75) is 25.2 Å². The first-order valence-corrected chi connectivity index (χ1v) is 16.3. The fourth-order valence-electron chi connectivity index (χ4n) is 4.77. The second-order valence-corrected chi connectivity index (χ2v) is 12.7. The van der Waals surface area contributed by atoms with E-state index in [4.69, 9.17) is 9.15 Å². The van der Waals surface area contributed by atoms with Crippen LogP contribution in [0.25, 0.3) is 22.3 Å². The minimum atomic E-state index is -3.54. The van der Waals surface area contributed by atoms with E-state index < -0.39 is 10.0 Å². The first kappa shape index (κ1) is 28.0. The Labute approximate surface area is 237 Å². The summed E-state index contributed by atoms with van der Waals surface area (Å²) in [5, 5.41) is 3.36. The normalized spacial score (nSPS) is 13.4. The quantitative estimate of drug-likeness (QED) is 0.196. The molecule has 1 aliphatic carbocycles. The smallest absolute Gasteiger partial charge is 0.255 e. The van der Waals surface area contributed by atoms with Gasteiger partial charge in [-0.3, -0.25) is 9.10 Å². The van der Waals surface area contributed by atoms with Crippen molar-refractivity contribution in [2.24, 2.45) is 0 Å². The summed E-state index contributed by atoms with van der Waals surface area (Å²) < 4.78 is 52.6. The maximum absolute atomic E-state index is 13.2. The molecule has 0 bridgehead atoms. The zero-order chi connectivity index (χ0) is 28.4. The summed E-state index contributed by atoms with van der Waals surface area (Å²) in [6, 6.07) is 16.5. The summed E-state index contributed by atoms with van der Waals surface area (Å²) >= 11 is 1.68. The largest absolute Gasteiger partial charge is 0.457 e. The molecule has 1 fully saturated rings. The molecule has 1 aliphatic rings. The maximum Gasteiger partial charge on any atom is 0.255 e. The molecule has 1 N–H and O–H groups in total. The van der Waals surface area contributed by atoms with Gasteiger partial charge in [0.2, 0.25) is 10.0 Å². The van der Waals surface area contributed by atoms with E-state index in [0.29, 0.717) is 51.6 Å². The Bertz CT molecular complexity index is 1630. The molecule has 10 heteroatoms. The number of ether oxygens (including phenoxy) is 1. The van der Waals surface area contributed by atoms with Crippen molar-refractivity contribution in [1.29, 1.82) is 0 Å². The van der Waals surface area contributed by atoms with E-state index >= 15 is 0 Å². The Balaban J connectivity index is 1.58. The molecule has 0 radical (unpaired) electrons. The zero-order valence-corrected chi connectivity index (χ0v) is 24.2. The minimum absolute atomic E-state index is 0.239. The lowest BCUT2D eigenvalue weighted by Gasteiger charge is -2.25. The van der Waals surface area contributed by atoms with Crippen molar-refractivity contribution in [3.05, 3.63) is 77.6 Å². The van der Waals surface area contributed by atoms with Crippen LogP contribution in [0.4, 0.5) is 10.1 Å². The third kappa shape index (κ3) is 5.97. The molecule has 0 aliphatic heterocycles. The molecular weight excluding hydrogens is 551 g/mol. The Hall–Kier alpha value is -3.50. The number of nitrogens with one attached hydrogen (secondary N) is 1. The predicted molar refractivity (Wildman–Crippen MR) is 159 cm³/mol. The third-order valence-corrected chi connectivity index (χ3v) is 8.73. The van der Waals surface area contributed by atoms with E-state index in [9.17, 15) is 17.6 Å². The lowest BCUT2D eigenvalue weighted by atomic mass is 10.0. The van der Waals surface area contributed by atoms with Crippen LogP contribution in [0.1, 0.15) is 41.1 Å². The number of nitrogens with zero attached hydrogens (tertiary/aromatic N) is 1. The van der Waals surface area contributed by atoms with Crippen LogP contribution in [-0.4, -0.2) is 46.2 Å². The number of hydrogen-bond donors (Lipinski definition) is 1. The molecule has 3 aromatic carbocycles.